The van der Waals surface area contributed by atoms with Crippen LogP contribution in [0.15, 0.2) is 94.7 Å². The van der Waals surface area contributed by atoms with Crippen LogP contribution in [0, 0.1) is 0 Å². The van der Waals surface area contributed by atoms with Crippen LogP contribution in [0.2, 0.25) is 0 Å². The Hall–Kier alpha value is -3.74. The van der Waals surface area contributed by atoms with Gasteiger partial charge in [0.05, 0.1) is 12.0 Å². The first-order valence-electron chi connectivity index (χ1n) is 11.1. The highest BCUT2D eigenvalue weighted by Crippen LogP contribution is 2.37. The van der Waals surface area contributed by atoms with E-state index in [2.05, 4.69) is 46.7 Å². The van der Waals surface area contributed by atoms with Crippen molar-refractivity contribution in [2.45, 2.75) is 22.9 Å². The first-order chi connectivity index (χ1) is 16.6. The fourth-order valence-corrected chi connectivity index (χ4v) is 5.31. The summed E-state index contributed by atoms with van der Waals surface area (Å²) in [5.41, 5.74) is 9.27. The minimum absolute atomic E-state index is 0.439. The Morgan fingerprint density at radius 3 is 2.53 bits per heavy atom. The first kappa shape index (κ1) is 22.1. The lowest BCUT2D eigenvalue weighted by molar-refractivity contribution is 0.0993. The van der Waals surface area contributed by atoms with Crippen molar-refractivity contribution < 1.29 is 9.53 Å². The predicted molar refractivity (Wildman–Crippen MR) is 138 cm³/mol. The number of hydrogen-bond donors (Lipinski definition) is 3. The summed E-state index contributed by atoms with van der Waals surface area (Å²) < 4.78 is 5.61. The molecular weight excluding hydrogens is 442 g/mol. The molecule has 5 rings (SSSR count). The zero-order valence-electron chi connectivity index (χ0n) is 18.8. The van der Waals surface area contributed by atoms with Crippen molar-refractivity contribution in [2.75, 3.05) is 7.11 Å². The Morgan fingerprint density at radius 1 is 0.941 bits per heavy atom. The van der Waals surface area contributed by atoms with Crippen molar-refractivity contribution in [3.8, 4) is 5.75 Å². The van der Waals surface area contributed by atoms with Crippen LogP contribution < -0.4 is 15.8 Å². The smallest absolute Gasteiger partial charge is 0.266 e. The minimum atomic E-state index is -0.461. The number of benzene rings is 4. The van der Waals surface area contributed by atoms with Crippen molar-refractivity contribution in [2.24, 2.45) is 5.73 Å². The number of methoxy groups -OCH3 is 1. The molecule has 0 saturated heterocycles. The fourth-order valence-electron chi connectivity index (χ4n) is 4.24. The standard InChI is InChI=1S/C28H25N3O2S/c1-33-25-14-12-19-7-5-6-10-21(19)23(25)17-30-16-18-11-13-22-24(15-18)31-26(28(29)32)27(22)34-20-8-3-2-4-9-20/h2-15,30-31H,16-17H2,1H3,(H2,29,32). The Kier molecular flexibility index (Phi) is 6.25. The monoisotopic (exact) mass is 467 g/mol. The molecule has 5 nitrogen and oxygen atoms in total. The van der Waals surface area contributed by atoms with E-state index in [1.54, 1.807) is 18.9 Å². The molecule has 170 valence electrons. The molecule has 1 heterocycles. The number of primary amides is 1. The summed E-state index contributed by atoms with van der Waals surface area (Å²) in [7, 11) is 1.70. The lowest BCUT2D eigenvalue weighted by atomic mass is 10.0. The number of H-pyrrole nitrogens is 1. The van der Waals surface area contributed by atoms with E-state index >= 15 is 0 Å². The van der Waals surface area contributed by atoms with Gasteiger partial charge in [0.15, 0.2) is 0 Å². The van der Waals surface area contributed by atoms with Gasteiger partial charge >= 0.3 is 0 Å². The van der Waals surface area contributed by atoms with Gasteiger partial charge in [0.1, 0.15) is 11.4 Å². The number of aromatic nitrogens is 1. The summed E-state index contributed by atoms with van der Waals surface area (Å²) in [6.07, 6.45) is 0. The Labute approximate surface area is 202 Å². The van der Waals surface area contributed by atoms with Crippen molar-refractivity contribution in [1.82, 2.24) is 10.3 Å². The number of aromatic amines is 1. The second kappa shape index (κ2) is 9.63. The minimum Gasteiger partial charge on any atom is -0.496 e. The van der Waals surface area contributed by atoms with Crippen molar-refractivity contribution in [3.05, 3.63) is 102 Å². The SMILES string of the molecule is COc1ccc2ccccc2c1CNCc1ccc2c(Sc3ccccc3)c(C(N)=O)[nH]c2c1. The summed E-state index contributed by atoms with van der Waals surface area (Å²) in [5, 5.41) is 6.90. The molecule has 0 aliphatic rings. The zero-order chi connectivity index (χ0) is 23.5. The number of nitrogens with one attached hydrogen (secondary N) is 2. The van der Waals surface area contributed by atoms with E-state index in [1.165, 1.54) is 10.8 Å². The van der Waals surface area contributed by atoms with Crippen molar-refractivity contribution >= 4 is 39.3 Å². The van der Waals surface area contributed by atoms with Gasteiger partial charge in [-0.25, -0.2) is 0 Å². The van der Waals surface area contributed by atoms with Crippen LogP contribution in [0.3, 0.4) is 0 Å². The highest BCUT2D eigenvalue weighted by Gasteiger charge is 2.17. The Morgan fingerprint density at radius 2 is 1.74 bits per heavy atom. The van der Waals surface area contributed by atoms with E-state index in [0.29, 0.717) is 18.8 Å². The molecule has 0 aliphatic heterocycles. The number of carbonyl (C=O) groups is 1. The molecule has 0 unspecified atom stereocenters. The lowest BCUT2D eigenvalue weighted by Crippen LogP contribution is -2.13. The molecule has 1 amide bonds. The topological polar surface area (TPSA) is 80.1 Å². The zero-order valence-corrected chi connectivity index (χ0v) is 19.6. The highest BCUT2D eigenvalue weighted by molar-refractivity contribution is 7.99. The summed E-state index contributed by atoms with van der Waals surface area (Å²) in [5.74, 6) is 0.414. The molecule has 0 atom stereocenters. The van der Waals surface area contributed by atoms with Crippen LogP contribution in [-0.2, 0) is 13.1 Å². The maximum absolute atomic E-state index is 12.1. The average Bonchev–Trinajstić information content (AvgIpc) is 3.22. The van der Waals surface area contributed by atoms with Gasteiger partial charge in [-0.05, 0) is 40.6 Å². The van der Waals surface area contributed by atoms with E-state index in [-0.39, 0.29) is 0 Å². The second-order valence-electron chi connectivity index (χ2n) is 8.06. The number of ether oxygens (including phenoxy) is 1. The van der Waals surface area contributed by atoms with E-state index in [0.717, 1.165) is 37.6 Å². The molecular formula is C28H25N3O2S. The molecule has 0 aliphatic carbocycles. The quantitative estimate of drug-likeness (QED) is 0.267. The van der Waals surface area contributed by atoms with E-state index < -0.39 is 5.91 Å². The normalized spacial score (nSPS) is 11.2. The lowest BCUT2D eigenvalue weighted by Gasteiger charge is -2.13. The molecule has 0 fully saturated rings. The molecule has 1 aromatic heterocycles. The van der Waals surface area contributed by atoms with E-state index in [4.69, 9.17) is 10.5 Å². The molecule has 4 N–H and O–H groups in total. The van der Waals surface area contributed by atoms with Crippen LogP contribution in [0.1, 0.15) is 21.6 Å². The fraction of sp³-hybridized carbons (Fsp3) is 0.107. The van der Waals surface area contributed by atoms with E-state index in [9.17, 15) is 4.79 Å². The number of hydrogen-bond acceptors (Lipinski definition) is 4. The largest absolute Gasteiger partial charge is 0.496 e. The van der Waals surface area contributed by atoms with Crippen LogP contribution in [-0.4, -0.2) is 18.0 Å². The Bertz CT molecular complexity index is 1480. The van der Waals surface area contributed by atoms with Gasteiger partial charge in [0, 0.05) is 34.5 Å². The number of amides is 1. The van der Waals surface area contributed by atoms with Gasteiger partial charge in [0.25, 0.3) is 5.91 Å². The molecule has 6 heteroatoms. The number of rotatable bonds is 8. The maximum atomic E-state index is 12.1. The molecule has 0 bridgehead atoms. The predicted octanol–water partition coefficient (Wildman–Crippen LogP) is 5.87. The molecule has 0 radical (unpaired) electrons. The van der Waals surface area contributed by atoms with Crippen LogP contribution >= 0.6 is 11.8 Å². The second-order valence-corrected chi connectivity index (χ2v) is 9.14. The van der Waals surface area contributed by atoms with Crippen LogP contribution in [0.25, 0.3) is 21.7 Å². The maximum Gasteiger partial charge on any atom is 0.266 e. The summed E-state index contributed by atoms with van der Waals surface area (Å²) >= 11 is 1.54. The summed E-state index contributed by atoms with van der Waals surface area (Å²) in [6.45, 7) is 1.35. The van der Waals surface area contributed by atoms with Gasteiger partial charge in [-0.3, -0.25) is 4.79 Å². The third-order valence-electron chi connectivity index (χ3n) is 5.87. The first-order valence-corrected chi connectivity index (χ1v) is 11.9. The van der Waals surface area contributed by atoms with Crippen LogP contribution in [0.4, 0.5) is 0 Å². The van der Waals surface area contributed by atoms with Gasteiger partial charge in [0.2, 0.25) is 0 Å². The molecule has 34 heavy (non-hydrogen) atoms. The average molecular weight is 468 g/mol. The highest BCUT2D eigenvalue weighted by atomic mass is 32.2. The molecule has 0 saturated carbocycles. The third kappa shape index (κ3) is 4.38. The van der Waals surface area contributed by atoms with Crippen molar-refractivity contribution in [1.29, 1.82) is 0 Å². The summed E-state index contributed by atoms with van der Waals surface area (Å²) in [4.78, 5) is 17.3. The van der Waals surface area contributed by atoms with Gasteiger partial charge in [-0.15, -0.1) is 0 Å². The number of fused-ring (bicyclic) bond motifs is 2. The van der Waals surface area contributed by atoms with E-state index in [1.807, 2.05) is 48.5 Å². The Balaban J connectivity index is 1.39. The van der Waals surface area contributed by atoms with Crippen molar-refractivity contribution in [3.63, 3.8) is 0 Å². The van der Waals surface area contributed by atoms with Gasteiger partial charge < -0.3 is 20.8 Å². The van der Waals surface area contributed by atoms with Gasteiger partial charge in [-0.1, -0.05) is 72.4 Å². The molecule has 5 aromatic rings. The van der Waals surface area contributed by atoms with Crippen LogP contribution in [0.5, 0.6) is 5.75 Å². The van der Waals surface area contributed by atoms with Gasteiger partial charge in [-0.2, -0.15) is 0 Å². The number of carbonyl (C=O) groups excluding carboxylic acids is 1. The number of nitrogens with two attached hydrogens (primary N) is 1. The summed E-state index contributed by atoms with van der Waals surface area (Å²) in [6, 6.07) is 28.6. The molecule has 4 aromatic carbocycles. The molecule has 0 spiro atoms. The third-order valence-corrected chi connectivity index (χ3v) is 7.01.